The molecule has 3 fully saturated rings. The highest BCUT2D eigenvalue weighted by atomic mass is 32.1. The van der Waals surface area contributed by atoms with Crippen LogP contribution in [0, 0.1) is 0 Å². The average molecular weight is 378 g/mol. The first-order valence-electron chi connectivity index (χ1n) is 9.89. The molecule has 1 saturated heterocycles. The molecule has 0 atom stereocenters. The van der Waals surface area contributed by atoms with Gasteiger partial charge in [-0.15, -0.1) is 11.3 Å². The third-order valence-electron chi connectivity index (χ3n) is 6.00. The summed E-state index contributed by atoms with van der Waals surface area (Å²) in [6.07, 6.45) is 9.02. The Balaban J connectivity index is 1.43. The first-order chi connectivity index (χ1) is 12.6. The highest BCUT2D eigenvalue weighted by Gasteiger charge is 2.39. The minimum absolute atomic E-state index is 0.116. The molecule has 0 aromatic carbocycles. The highest BCUT2D eigenvalue weighted by Crippen LogP contribution is 2.36. The molecule has 3 aliphatic rings. The van der Waals surface area contributed by atoms with Gasteiger partial charge >= 0.3 is 6.09 Å². The number of carbonyl (C=O) groups excluding carboxylic acids is 1. The van der Waals surface area contributed by atoms with Gasteiger partial charge in [0.25, 0.3) is 5.91 Å². The molecule has 142 valence electrons. The van der Waals surface area contributed by atoms with Gasteiger partial charge in [-0.1, -0.05) is 19.3 Å². The van der Waals surface area contributed by atoms with Gasteiger partial charge in [0.15, 0.2) is 0 Å². The van der Waals surface area contributed by atoms with Crippen molar-refractivity contribution < 1.29 is 14.7 Å². The molecule has 1 aromatic heterocycles. The SMILES string of the molecule is O=C(O)N1CCC(c2nc(C(=O)N(C3CCCCC3)C3CC3)cs2)CC1. The summed E-state index contributed by atoms with van der Waals surface area (Å²) in [4.78, 5) is 32.5. The third-order valence-corrected chi connectivity index (χ3v) is 7.01. The third kappa shape index (κ3) is 3.72. The summed E-state index contributed by atoms with van der Waals surface area (Å²) in [6, 6.07) is 0.822. The molecule has 2 amide bonds. The molecule has 7 heteroatoms. The standard InChI is InChI=1S/C19H27N3O3S/c23-18(22(15-6-7-15)14-4-2-1-3-5-14)16-12-26-17(20-16)13-8-10-21(11-9-13)19(24)25/h12-15H,1-11H2,(H,24,25). The molecule has 1 aromatic rings. The van der Waals surface area contributed by atoms with Crippen LogP contribution in [0.5, 0.6) is 0 Å². The predicted molar refractivity (Wildman–Crippen MR) is 99.8 cm³/mol. The molecule has 0 bridgehead atoms. The first-order valence-corrected chi connectivity index (χ1v) is 10.8. The summed E-state index contributed by atoms with van der Waals surface area (Å²) < 4.78 is 0. The van der Waals surface area contributed by atoms with Crippen LogP contribution in [0.1, 0.15) is 79.2 Å². The summed E-state index contributed by atoms with van der Waals surface area (Å²) in [5.41, 5.74) is 0.600. The minimum atomic E-state index is -0.842. The molecular weight excluding hydrogens is 350 g/mol. The number of likely N-dealkylation sites (tertiary alicyclic amines) is 1. The molecule has 2 aliphatic carbocycles. The zero-order valence-electron chi connectivity index (χ0n) is 15.1. The number of aromatic nitrogens is 1. The summed E-state index contributed by atoms with van der Waals surface area (Å²) >= 11 is 1.57. The first kappa shape index (κ1) is 17.8. The van der Waals surface area contributed by atoms with E-state index in [0.717, 1.165) is 43.5 Å². The fraction of sp³-hybridized carbons (Fsp3) is 0.737. The van der Waals surface area contributed by atoms with Crippen molar-refractivity contribution in [1.82, 2.24) is 14.8 Å². The van der Waals surface area contributed by atoms with E-state index in [1.165, 1.54) is 24.2 Å². The van der Waals surface area contributed by atoms with Crippen molar-refractivity contribution in [3.8, 4) is 0 Å². The van der Waals surface area contributed by atoms with Gasteiger partial charge in [0.2, 0.25) is 0 Å². The van der Waals surface area contributed by atoms with Crippen molar-refractivity contribution in [2.45, 2.75) is 75.8 Å². The lowest BCUT2D eigenvalue weighted by Gasteiger charge is -2.34. The van der Waals surface area contributed by atoms with E-state index in [-0.39, 0.29) is 11.8 Å². The van der Waals surface area contributed by atoms with E-state index in [0.29, 0.717) is 30.9 Å². The van der Waals surface area contributed by atoms with Crippen molar-refractivity contribution in [1.29, 1.82) is 0 Å². The maximum atomic E-state index is 13.1. The number of piperidine rings is 1. The van der Waals surface area contributed by atoms with Crippen LogP contribution >= 0.6 is 11.3 Å². The largest absolute Gasteiger partial charge is 0.465 e. The quantitative estimate of drug-likeness (QED) is 0.862. The number of rotatable bonds is 4. The van der Waals surface area contributed by atoms with Crippen molar-refractivity contribution in [2.75, 3.05) is 13.1 Å². The predicted octanol–water partition coefficient (Wildman–Crippen LogP) is 3.94. The van der Waals surface area contributed by atoms with Crippen LogP contribution in [0.2, 0.25) is 0 Å². The minimum Gasteiger partial charge on any atom is -0.465 e. The lowest BCUT2D eigenvalue weighted by molar-refractivity contribution is 0.0608. The number of nitrogens with zero attached hydrogens (tertiary/aromatic N) is 3. The number of thiazole rings is 1. The zero-order chi connectivity index (χ0) is 18.1. The Morgan fingerprint density at radius 3 is 2.31 bits per heavy atom. The van der Waals surface area contributed by atoms with Gasteiger partial charge < -0.3 is 14.9 Å². The summed E-state index contributed by atoms with van der Waals surface area (Å²) in [5.74, 6) is 0.395. The molecule has 0 spiro atoms. The van der Waals surface area contributed by atoms with Gasteiger partial charge in [0, 0.05) is 36.5 Å². The van der Waals surface area contributed by atoms with Crippen LogP contribution in [-0.2, 0) is 0 Å². The van der Waals surface area contributed by atoms with Crippen LogP contribution in [0.3, 0.4) is 0 Å². The molecule has 4 rings (SSSR count). The van der Waals surface area contributed by atoms with Crippen molar-refractivity contribution >= 4 is 23.3 Å². The van der Waals surface area contributed by atoms with Crippen molar-refractivity contribution in [2.24, 2.45) is 0 Å². The fourth-order valence-electron chi connectivity index (χ4n) is 4.37. The molecule has 1 N–H and O–H groups in total. The Morgan fingerprint density at radius 2 is 1.69 bits per heavy atom. The van der Waals surface area contributed by atoms with Gasteiger partial charge in [-0.2, -0.15) is 0 Å². The summed E-state index contributed by atoms with van der Waals surface area (Å²) in [6.45, 7) is 1.11. The molecule has 0 radical (unpaired) electrons. The fourth-order valence-corrected chi connectivity index (χ4v) is 5.33. The van der Waals surface area contributed by atoms with E-state index < -0.39 is 6.09 Å². The van der Waals surface area contributed by atoms with E-state index in [9.17, 15) is 9.59 Å². The van der Waals surface area contributed by atoms with Crippen LogP contribution in [0.4, 0.5) is 4.79 Å². The maximum absolute atomic E-state index is 13.1. The lowest BCUT2D eigenvalue weighted by atomic mass is 9.94. The van der Waals surface area contributed by atoms with Gasteiger partial charge in [0.05, 0.1) is 5.01 Å². The molecule has 2 saturated carbocycles. The smallest absolute Gasteiger partial charge is 0.407 e. The number of carbonyl (C=O) groups is 2. The second-order valence-electron chi connectivity index (χ2n) is 7.85. The topological polar surface area (TPSA) is 73.7 Å². The lowest BCUT2D eigenvalue weighted by Crippen LogP contribution is -2.43. The normalized spacial score (nSPS) is 22.4. The van der Waals surface area contributed by atoms with Crippen LogP contribution in [-0.4, -0.2) is 57.1 Å². The van der Waals surface area contributed by atoms with Crippen LogP contribution in [0.15, 0.2) is 5.38 Å². The molecule has 0 unspecified atom stereocenters. The van der Waals surface area contributed by atoms with Crippen LogP contribution in [0.25, 0.3) is 0 Å². The van der Waals surface area contributed by atoms with E-state index in [1.54, 1.807) is 11.3 Å². The van der Waals surface area contributed by atoms with E-state index in [2.05, 4.69) is 4.90 Å². The zero-order valence-corrected chi connectivity index (χ0v) is 15.9. The second-order valence-corrected chi connectivity index (χ2v) is 8.74. The maximum Gasteiger partial charge on any atom is 0.407 e. The monoisotopic (exact) mass is 377 g/mol. The number of hydrogen-bond acceptors (Lipinski definition) is 4. The number of amides is 2. The van der Waals surface area contributed by atoms with Crippen LogP contribution < -0.4 is 0 Å². The van der Waals surface area contributed by atoms with Gasteiger partial charge in [-0.25, -0.2) is 9.78 Å². The van der Waals surface area contributed by atoms with Crippen molar-refractivity contribution in [3.05, 3.63) is 16.1 Å². The number of carboxylic acid groups (broad SMARTS) is 1. The van der Waals surface area contributed by atoms with Gasteiger partial charge in [-0.3, -0.25) is 4.79 Å². The Kier molecular flexibility index (Phi) is 5.16. The number of hydrogen-bond donors (Lipinski definition) is 1. The molecular formula is C19H27N3O3S. The van der Waals surface area contributed by atoms with Gasteiger partial charge in [0.1, 0.15) is 5.69 Å². The summed E-state index contributed by atoms with van der Waals surface area (Å²) in [5, 5.41) is 12.0. The molecule has 1 aliphatic heterocycles. The van der Waals surface area contributed by atoms with Crippen molar-refractivity contribution in [3.63, 3.8) is 0 Å². The van der Waals surface area contributed by atoms with Gasteiger partial charge in [-0.05, 0) is 38.5 Å². The second kappa shape index (κ2) is 7.55. The Morgan fingerprint density at radius 1 is 1.04 bits per heavy atom. The van der Waals surface area contributed by atoms with E-state index in [1.807, 2.05) is 5.38 Å². The highest BCUT2D eigenvalue weighted by molar-refractivity contribution is 7.09. The Hall–Kier alpha value is -1.63. The summed E-state index contributed by atoms with van der Waals surface area (Å²) in [7, 11) is 0. The molecule has 26 heavy (non-hydrogen) atoms. The van der Waals surface area contributed by atoms with E-state index in [4.69, 9.17) is 10.1 Å². The Bertz CT molecular complexity index is 659. The Labute approximate surface area is 158 Å². The van der Waals surface area contributed by atoms with E-state index >= 15 is 0 Å². The molecule has 6 nitrogen and oxygen atoms in total. The average Bonchev–Trinajstić information content (AvgIpc) is 3.37. The molecule has 2 heterocycles.